The van der Waals surface area contributed by atoms with Crippen molar-refractivity contribution >= 4 is 22.5 Å². The monoisotopic (exact) mass is 381 g/mol. The van der Waals surface area contributed by atoms with Gasteiger partial charge in [-0.05, 0) is 44.3 Å². The number of hydrogen-bond donors (Lipinski definition) is 0. The van der Waals surface area contributed by atoms with Crippen LogP contribution in [0, 0.1) is 11.3 Å². The highest BCUT2D eigenvalue weighted by Gasteiger charge is 2.29. The average molecular weight is 381 g/mol. The summed E-state index contributed by atoms with van der Waals surface area (Å²) in [5.74, 6) is 1.13. The van der Waals surface area contributed by atoms with E-state index in [1.807, 2.05) is 42.5 Å². The topological polar surface area (TPSA) is 47.6 Å². The number of anilines is 1. The predicted molar refractivity (Wildman–Crippen MR) is 117 cm³/mol. The molecule has 5 rings (SSSR count). The molecule has 1 atom stereocenters. The zero-order valence-corrected chi connectivity index (χ0v) is 16.7. The molecule has 3 heterocycles. The summed E-state index contributed by atoms with van der Waals surface area (Å²) in [6, 6.07) is 23.4. The van der Waals surface area contributed by atoms with E-state index in [1.54, 1.807) is 0 Å². The third-order valence-corrected chi connectivity index (χ3v) is 5.94. The maximum absolute atomic E-state index is 9.88. The van der Waals surface area contributed by atoms with Gasteiger partial charge in [-0.25, -0.2) is 4.98 Å². The molecular formula is C24H23N5. The number of imidazole rings is 1. The minimum Gasteiger partial charge on any atom is -0.356 e. The highest BCUT2D eigenvalue weighted by atomic mass is 15.3. The van der Waals surface area contributed by atoms with Gasteiger partial charge in [0.15, 0.2) is 5.65 Å². The number of likely N-dealkylation sites (N-methyl/N-ethyl adjacent to an activating group) is 1. The van der Waals surface area contributed by atoms with Crippen molar-refractivity contribution in [2.24, 2.45) is 0 Å². The van der Waals surface area contributed by atoms with Crippen LogP contribution in [0.3, 0.4) is 0 Å². The summed E-state index contributed by atoms with van der Waals surface area (Å²) in [4.78, 5) is 9.56. The van der Waals surface area contributed by atoms with Crippen LogP contribution in [-0.4, -0.2) is 47.5 Å². The molecule has 0 spiro atoms. The van der Waals surface area contributed by atoms with Crippen molar-refractivity contribution < 1.29 is 0 Å². The van der Waals surface area contributed by atoms with Crippen molar-refractivity contribution in [1.82, 2.24) is 14.3 Å². The molecule has 0 unspecified atom stereocenters. The number of nitriles is 1. The van der Waals surface area contributed by atoms with Gasteiger partial charge in [0.2, 0.25) is 0 Å². The van der Waals surface area contributed by atoms with E-state index < -0.39 is 0 Å². The van der Waals surface area contributed by atoms with Crippen LogP contribution in [0.2, 0.25) is 0 Å². The Kier molecular flexibility index (Phi) is 4.22. The second kappa shape index (κ2) is 6.91. The molecule has 0 bridgehead atoms. The molecule has 0 saturated carbocycles. The molecule has 0 amide bonds. The lowest BCUT2D eigenvalue weighted by Gasteiger charge is -2.26. The molecule has 1 fully saturated rings. The van der Waals surface area contributed by atoms with Crippen LogP contribution >= 0.6 is 0 Å². The van der Waals surface area contributed by atoms with E-state index in [1.165, 1.54) is 0 Å². The second-order valence-corrected chi connectivity index (χ2v) is 7.88. The van der Waals surface area contributed by atoms with Crippen LogP contribution in [0.1, 0.15) is 12.0 Å². The van der Waals surface area contributed by atoms with E-state index in [0.29, 0.717) is 11.6 Å². The summed E-state index contributed by atoms with van der Waals surface area (Å²) < 4.78 is 2.19. The molecule has 1 aliphatic heterocycles. The van der Waals surface area contributed by atoms with Crippen molar-refractivity contribution in [2.75, 3.05) is 32.1 Å². The third kappa shape index (κ3) is 2.84. The Morgan fingerprint density at radius 1 is 1.07 bits per heavy atom. The van der Waals surface area contributed by atoms with Crippen molar-refractivity contribution in [3.63, 3.8) is 0 Å². The van der Waals surface area contributed by atoms with Gasteiger partial charge in [0.05, 0.1) is 16.6 Å². The quantitative estimate of drug-likeness (QED) is 0.534. The molecular weight excluding hydrogens is 358 g/mol. The number of hydrogen-bond acceptors (Lipinski definition) is 4. The zero-order valence-electron chi connectivity index (χ0n) is 16.7. The van der Waals surface area contributed by atoms with Crippen molar-refractivity contribution in [2.45, 2.75) is 12.5 Å². The number of benzene rings is 2. The van der Waals surface area contributed by atoms with Crippen LogP contribution < -0.4 is 4.90 Å². The Labute approximate surface area is 170 Å². The maximum atomic E-state index is 9.88. The number of para-hydroxylation sites is 2. The van der Waals surface area contributed by atoms with E-state index in [0.717, 1.165) is 53.1 Å². The molecule has 0 radical (unpaired) electrons. The third-order valence-electron chi connectivity index (χ3n) is 5.94. The number of fused-ring (bicyclic) bond motifs is 3. The van der Waals surface area contributed by atoms with Gasteiger partial charge in [-0.15, -0.1) is 0 Å². The molecule has 2 aromatic carbocycles. The lowest BCUT2D eigenvalue weighted by molar-refractivity contribution is 0.315. The van der Waals surface area contributed by atoms with E-state index >= 15 is 0 Å². The molecule has 2 aromatic heterocycles. The first-order valence-electron chi connectivity index (χ1n) is 9.98. The SMILES string of the molecule is CN(C)[C@H]1CCN(c2c(-c3ccccc3)cc(C#N)c3nc4ccccc4n23)C1. The van der Waals surface area contributed by atoms with E-state index in [4.69, 9.17) is 4.98 Å². The van der Waals surface area contributed by atoms with Crippen LogP contribution in [0.4, 0.5) is 5.82 Å². The van der Waals surface area contributed by atoms with Crippen molar-refractivity contribution in [1.29, 1.82) is 5.26 Å². The van der Waals surface area contributed by atoms with Gasteiger partial charge in [-0.3, -0.25) is 4.40 Å². The van der Waals surface area contributed by atoms with Crippen molar-refractivity contribution in [3.05, 3.63) is 66.2 Å². The maximum Gasteiger partial charge on any atom is 0.157 e. The Hall–Kier alpha value is -3.36. The highest BCUT2D eigenvalue weighted by Crippen LogP contribution is 2.37. The molecule has 4 aromatic rings. The first-order valence-corrected chi connectivity index (χ1v) is 9.98. The average Bonchev–Trinajstić information content (AvgIpc) is 3.39. The second-order valence-electron chi connectivity index (χ2n) is 7.88. The predicted octanol–water partition coefficient (Wildman–Crippen LogP) is 4.17. The largest absolute Gasteiger partial charge is 0.356 e. The van der Waals surface area contributed by atoms with Gasteiger partial charge >= 0.3 is 0 Å². The number of aromatic nitrogens is 2. The van der Waals surface area contributed by atoms with Crippen LogP contribution in [0.25, 0.3) is 27.8 Å². The van der Waals surface area contributed by atoms with E-state index in [9.17, 15) is 5.26 Å². The number of rotatable bonds is 3. The van der Waals surface area contributed by atoms with E-state index in [2.05, 4.69) is 52.6 Å². The van der Waals surface area contributed by atoms with Gasteiger partial charge in [-0.2, -0.15) is 5.26 Å². The normalized spacial score (nSPS) is 16.8. The highest BCUT2D eigenvalue weighted by molar-refractivity contribution is 5.90. The Bertz CT molecular complexity index is 1230. The Morgan fingerprint density at radius 2 is 1.83 bits per heavy atom. The first-order chi connectivity index (χ1) is 14.2. The molecule has 0 N–H and O–H groups in total. The summed E-state index contributed by atoms with van der Waals surface area (Å²) in [6.07, 6.45) is 1.12. The summed E-state index contributed by atoms with van der Waals surface area (Å²) in [6.45, 7) is 1.94. The van der Waals surface area contributed by atoms with Gasteiger partial charge in [-0.1, -0.05) is 42.5 Å². The minimum atomic E-state index is 0.513. The van der Waals surface area contributed by atoms with Gasteiger partial charge < -0.3 is 9.80 Å². The van der Waals surface area contributed by atoms with E-state index in [-0.39, 0.29) is 0 Å². The lowest BCUT2D eigenvalue weighted by atomic mass is 10.0. The number of nitrogens with zero attached hydrogens (tertiary/aromatic N) is 5. The molecule has 1 saturated heterocycles. The summed E-state index contributed by atoms with van der Waals surface area (Å²) in [5, 5.41) is 9.88. The van der Waals surface area contributed by atoms with Gasteiger partial charge in [0.1, 0.15) is 11.9 Å². The Balaban J connectivity index is 1.86. The smallest absolute Gasteiger partial charge is 0.157 e. The summed E-state index contributed by atoms with van der Waals surface area (Å²) in [7, 11) is 4.29. The summed E-state index contributed by atoms with van der Waals surface area (Å²) in [5.41, 5.74) is 5.49. The number of pyridine rings is 1. The van der Waals surface area contributed by atoms with Crippen molar-refractivity contribution in [3.8, 4) is 17.2 Å². The fourth-order valence-corrected chi connectivity index (χ4v) is 4.39. The van der Waals surface area contributed by atoms with Gasteiger partial charge in [0.25, 0.3) is 0 Å². The molecule has 1 aliphatic rings. The minimum absolute atomic E-state index is 0.513. The Morgan fingerprint density at radius 3 is 2.55 bits per heavy atom. The lowest BCUT2D eigenvalue weighted by Crippen LogP contribution is -2.32. The van der Waals surface area contributed by atoms with Crippen LogP contribution in [-0.2, 0) is 0 Å². The molecule has 144 valence electrons. The van der Waals surface area contributed by atoms with Gasteiger partial charge in [0, 0.05) is 24.7 Å². The van der Waals surface area contributed by atoms with Crippen LogP contribution in [0.5, 0.6) is 0 Å². The fraction of sp³-hybridized carbons (Fsp3) is 0.250. The summed E-state index contributed by atoms with van der Waals surface area (Å²) >= 11 is 0. The standard InChI is InChI=1S/C24H23N5/c1-27(2)19-12-13-28(16-19)24-20(17-8-4-3-5-9-17)14-18(15-25)23-26-21-10-6-7-11-22(21)29(23)24/h3-11,14,19H,12-13,16H2,1-2H3/t19-/m0/s1. The molecule has 5 nitrogen and oxygen atoms in total. The molecule has 0 aliphatic carbocycles. The molecule has 5 heteroatoms. The first kappa shape index (κ1) is 17.7. The molecule has 29 heavy (non-hydrogen) atoms. The zero-order chi connectivity index (χ0) is 20.0. The van der Waals surface area contributed by atoms with Crippen LogP contribution in [0.15, 0.2) is 60.7 Å². The fourth-order valence-electron chi connectivity index (χ4n) is 4.39.